The van der Waals surface area contributed by atoms with E-state index in [9.17, 15) is 0 Å². The van der Waals surface area contributed by atoms with Gasteiger partial charge in [-0.05, 0) is 54.8 Å². The van der Waals surface area contributed by atoms with Crippen LogP contribution in [0.1, 0.15) is 32.3 Å². The van der Waals surface area contributed by atoms with Gasteiger partial charge in [-0.15, -0.1) is 0 Å². The average molecular weight is 241 g/mol. The zero-order valence-corrected chi connectivity index (χ0v) is 11.2. The van der Waals surface area contributed by atoms with E-state index in [0.29, 0.717) is 12.5 Å². The van der Waals surface area contributed by atoms with E-state index in [1.807, 2.05) is 25.3 Å². The predicted octanol–water partition coefficient (Wildman–Crippen LogP) is 4.27. The first-order valence-electron chi connectivity index (χ1n) is 6.40. The highest BCUT2D eigenvalue weighted by Crippen LogP contribution is 2.23. The highest BCUT2D eigenvalue weighted by atomic mass is 16.5. The molecule has 0 bridgehead atoms. The molecule has 0 aliphatic carbocycles. The lowest BCUT2D eigenvalue weighted by molar-refractivity contribution is 0.340. The monoisotopic (exact) mass is 241 g/mol. The van der Waals surface area contributed by atoms with E-state index >= 15 is 0 Å². The molecular weight excluding hydrogens is 222 g/mol. The van der Waals surface area contributed by atoms with E-state index in [1.54, 1.807) is 0 Å². The second-order valence-electron chi connectivity index (χ2n) is 4.59. The molecule has 0 aliphatic heterocycles. The Morgan fingerprint density at radius 1 is 1.11 bits per heavy atom. The number of aromatic nitrogens is 1. The fourth-order valence-corrected chi connectivity index (χ4v) is 1.85. The summed E-state index contributed by atoms with van der Waals surface area (Å²) >= 11 is 0. The summed E-state index contributed by atoms with van der Waals surface area (Å²) in [6.45, 7) is 7.07. The van der Waals surface area contributed by atoms with Crippen molar-refractivity contribution in [3.05, 3.63) is 48.2 Å². The maximum Gasteiger partial charge on any atom is 0.119 e. The number of rotatable bonds is 4. The lowest BCUT2D eigenvalue weighted by Gasteiger charge is -2.08. The van der Waals surface area contributed by atoms with E-state index in [0.717, 1.165) is 17.0 Å². The third-order valence-electron chi connectivity index (χ3n) is 2.91. The number of hydrogen-bond donors (Lipinski definition) is 0. The molecule has 0 fully saturated rings. The summed E-state index contributed by atoms with van der Waals surface area (Å²) in [6, 6.07) is 12.3. The minimum absolute atomic E-state index is 0.523. The van der Waals surface area contributed by atoms with E-state index in [4.69, 9.17) is 4.74 Å². The normalized spacial score (nSPS) is 10.7. The van der Waals surface area contributed by atoms with Crippen LogP contribution in [0, 0.1) is 0 Å². The maximum absolute atomic E-state index is 5.44. The number of benzene rings is 1. The van der Waals surface area contributed by atoms with Gasteiger partial charge in [-0.1, -0.05) is 13.8 Å². The molecule has 1 heterocycles. The Morgan fingerprint density at radius 2 is 1.83 bits per heavy atom. The molecule has 2 rings (SSSR count). The summed E-state index contributed by atoms with van der Waals surface area (Å²) in [5, 5.41) is 0. The van der Waals surface area contributed by atoms with Gasteiger partial charge in [0.05, 0.1) is 12.3 Å². The molecule has 0 saturated heterocycles. The average Bonchev–Trinajstić information content (AvgIpc) is 2.40. The molecule has 0 aliphatic rings. The molecule has 0 amide bonds. The summed E-state index contributed by atoms with van der Waals surface area (Å²) in [5.41, 5.74) is 3.46. The molecule has 94 valence electrons. The van der Waals surface area contributed by atoms with Crippen LogP contribution in [0.5, 0.6) is 5.75 Å². The van der Waals surface area contributed by atoms with Crippen molar-refractivity contribution in [3.63, 3.8) is 0 Å². The molecule has 0 atom stereocenters. The summed E-state index contributed by atoms with van der Waals surface area (Å²) in [6.07, 6.45) is 1.88. The van der Waals surface area contributed by atoms with Gasteiger partial charge in [-0.2, -0.15) is 0 Å². The van der Waals surface area contributed by atoms with Crippen molar-refractivity contribution >= 4 is 0 Å². The van der Waals surface area contributed by atoms with Gasteiger partial charge in [0.1, 0.15) is 5.75 Å². The minimum atomic E-state index is 0.523. The van der Waals surface area contributed by atoms with Gasteiger partial charge in [0.2, 0.25) is 0 Å². The van der Waals surface area contributed by atoms with Crippen molar-refractivity contribution in [1.82, 2.24) is 4.98 Å². The Kier molecular flexibility index (Phi) is 3.98. The summed E-state index contributed by atoms with van der Waals surface area (Å²) in [7, 11) is 0. The Morgan fingerprint density at radius 3 is 2.44 bits per heavy atom. The van der Waals surface area contributed by atoms with Crippen LogP contribution in [0.4, 0.5) is 0 Å². The van der Waals surface area contributed by atoms with Crippen molar-refractivity contribution in [2.45, 2.75) is 26.7 Å². The molecule has 0 N–H and O–H groups in total. The first-order valence-corrected chi connectivity index (χ1v) is 6.40. The van der Waals surface area contributed by atoms with Crippen LogP contribution in [-0.2, 0) is 0 Å². The van der Waals surface area contributed by atoms with Crippen molar-refractivity contribution in [2.24, 2.45) is 0 Å². The highest BCUT2D eigenvalue weighted by molar-refractivity contribution is 5.60. The summed E-state index contributed by atoms with van der Waals surface area (Å²) < 4.78 is 5.44. The second-order valence-corrected chi connectivity index (χ2v) is 4.59. The largest absolute Gasteiger partial charge is 0.494 e. The Bertz CT molecular complexity index is 503. The van der Waals surface area contributed by atoms with Crippen LogP contribution < -0.4 is 4.74 Å². The number of nitrogens with zero attached hydrogens (tertiary/aromatic N) is 1. The van der Waals surface area contributed by atoms with Gasteiger partial charge in [0, 0.05) is 11.8 Å². The van der Waals surface area contributed by atoms with Gasteiger partial charge in [0.25, 0.3) is 0 Å². The van der Waals surface area contributed by atoms with E-state index in [2.05, 4.69) is 43.1 Å². The fourth-order valence-electron chi connectivity index (χ4n) is 1.85. The first-order chi connectivity index (χ1) is 8.70. The van der Waals surface area contributed by atoms with Gasteiger partial charge < -0.3 is 4.74 Å². The van der Waals surface area contributed by atoms with Crippen LogP contribution in [-0.4, -0.2) is 11.6 Å². The van der Waals surface area contributed by atoms with Crippen LogP contribution in [0.15, 0.2) is 42.6 Å². The minimum Gasteiger partial charge on any atom is -0.494 e. The number of ether oxygens (including phenoxy) is 1. The van der Waals surface area contributed by atoms with Crippen LogP contribution in [0.3, 0.4) is 0 Å². The Hall–Kier alpha value is -1.83. The zero-order valence-electron chi connectivity index (χ0n) is 11.2. The van der Waals surface area contributed by atoms with E-state index in [-0.39, 0.29) is 0 Å². The van der Waals surface area contributed by atoms with Crippen molar-refractivity contribution < 1.29 is 4.74 Å². The van der Waals surface area contributed by atoms with Crippen LogP contribution in [0.25, 0.3) is 11.3 Å². The summed E-state index contributed by atoms with van der Waals surface area (Å²) in [5.74, 6) is 1.43. The van der Waals surface area contributed by atoms with E-state index in [1.165, 1.54) is 5.56 Å². The fraction of sp³-hybridized carbons (Fsp3) is 0.312. The molecule has 1 aromatic heterocycles. The predicted molar refractivity (Wildman–Crippen MR) is 74.9 cm³/mol. The van der Waals surface area contributed by atoms with Gasteiger partial charge in [-0.25, -0.2) is 0 Å². The number of hydrogen-bond acceptors (Lipinski definition) is 2. The molecule has 2 nitrogen and oxygen atoms in total. The molecule has 0 spiro atoms. The summed E-state index contributed by atoms with van der Waals surface area (Å²) in [4.78, 5) is 4.43. The third kappa shape index (κ3) is 2.89. The molecule has 2 heteroatoms. The quantitative estimate of drug-likeness (QED) is 0.797. The topological polar surface area (TPSA) is 22.1 Å². The lowest BCUT2D eigenvalue weighted by Crippen LogP contribution is -1.92. The molecule has 1 aromatic carbocycles. The highest BCUT2D eigenvalue weighted by Gasteiger charge is 2.04. The molecule has 0 saturated carbocycles. The SMILES string of the molecule is CCOc1ccc(-c2cc(C(C)C)ccn2)cc1. The standard InChI is InChI=1S/C16H19NO/c1-4-18-15-7-5-13(6-8-15)16-11-14(12(2)3)9-10-17-16/h5-12H,4H2,1-3H3. The van der Waals surface area contributed by atoms with Crippen molar-refractivity contribution in [2.75, 3.05) is 6.61 Å². The van der Waals surface area contributed by atoms with Crippen molar-refractivity contribution in [3.8, 4) is 17.0 Å². The second kappa shape index (κ2) is 5.67. The zero-order chi connectivity index (χ0) is 13.0. The first kappa shape index (κ1) is 12.6. The molecular formula is C16H19NO. The van der Waals surface area contributed by atoms with Gasteiger partial charge >= 0.3 is 0 Å². The third-order valence-corrected chi connectivity index (χ3v) is 2.91. The van der Waals surface area contributed by atoms with Crippen LogP contribution in [0.2, 0.25) is 0 Å². The smallest absolute Gasteiger partial charge is 0.119 e. The van der Waals surface area contributed by atoms with E-state index < -0.39 is 0 Å². The lowest BCUT2D eigenvalue weighted by atomic mass is 10.0. The molecule has 0 unspecified atom stereocenters. The van der Waals surface area contributed by atoms with Crippen molar-refractivity contribution in [1.29, 1.82) is 0 Å². The van der Waals surface area contributed by atoms with Gasteiger partial charge in [0.15, 0.2) is 0 Å². The molecule has 2 aromatic rings. The van der Waals surface area contributed by atoms with Gasteiger partial charge in [-0.3, -0.25) is 4.98 Å². The Balaban J connectivity index is 2.28. The Labute approximate surface area is 109 Å². The number of pyridine rings is 1. The molecule has 0 radical (unpaired) electrons. The van der Waals surface area contributed by atoms with Crippen LogP contribution >= 0.6 is 0 Å². The molecule has 18 heavy (non-hydrogen) atoms. The maximum atomic E-state index is 5.44.